The van der Waals surface area contributed by atoms with Crippen molar-refractivity contribution in [1.29, 1.82) is 0 Å². The molecule has 0 amide bonds. The van der Waals surface area contributed by atoms with Crippen LogP contribution in [0.5, 0.6) is 0 Å². The van der Waals surface area contributed by atoms with Crippen molar-refractivity contribution in [2.75, 3.05) is 18.5 Å². The van der Waals surface area contributed by atoms with Gasteiger partial charge in [-0.25, -0.2) is 23.5 Å². The van der Waals surface area contributed by atoms with Crippen LogP contribution in [0.25, 0.3) is 0 Å². The fourth-order valence-corrected chi connectivity index (χ4v) is 3.17. The van der Waals surface area contributed by atoms with Crippen LogP contribution in [0.3, 0.4) is 0 Å². The predicted molar refractivity (Wildman–Crippen MR) is 96.3 cm³/mol. The molecule has 2 heterocycles. The van der Waals surface area contributed by atoms with Gasteiger partial charge < -0.3 is 19.9 Å². The van der Waals surface area contributed by atoms with Crippen LogP contribution in [0.1, 0.15) is 53.6 Å². The average Bonchev–Trinajstić information content (AvgIpc) is 3.20. The van der Waals surface area contributed by atoms with Crippen molar-refractivity contribution in [2.24, 2.45) is 0 Å². The number of halogens is 5. The van der Waals surface area contributed by atoms with Gasteiger partial charge in [-0.05, 0) is 19.9 Å². The number of nitrogens with one attached hydrogen (secondary N) is 1. The van der Waals surface area contributed by atoms with E-state index in [1.807, 2.05) is 0 Å². The van der Waals surface area contributed by atoms with Crippen LogP contribution in [0, 0.1) is 12.7 Å². The number of aliphatic carboxylic acids is 1. The highest BCUT2D eigenvalue weighted by molar-refractivity contribution is 5.75. The van der Waals surface area contributed by atoms with Crippen molar-refractivity contribution in [1.82, 2.24) is 9.97 Å². The number of anilines is 1. The number of aromatic nitrogens is 2. The molecule has 2 unspecified atom stereocenters. The number of nitrogens with zero attached hydrogens (tertiary/aromatic N) is 2. The van der Waals surface area contributed by atoms with Crippen LogP contribution in [0.4, 0.5) is 27.8 Å². The van der Waals surface area contributed by atoms with Crippen LogP contribution < -0.4 is 5.32 Å². The van der Waals surface area contributed by atoms with Gasteiger partial charge in [0, 0.05) is 5.56 Å². The summed E-state index contributed by atoms with van der Waals surface area (Å²) in [5, 5.41) is 11.8. The number of carbonyl (C=O) groups is 1. The number of ether oxygens (including phenoxy) is 2. The zero-order valence-electron chi connectivity index (χ0n) is 16.3. The molecule has 1 aromatic heterocycles. The van der Waals surface area contributed by atoms with Gasteiger partial charge in [0.05, 0.1) is 30.4 Å². The van der Waals surface area contributed by atoms with Gasteiger partial charge in [-0.1, -0.05) is 12.1 Å². The van der Waals surface area contributed by atoms with Crippen LogP contribution in [-0.2, 0) is 20.4 Å². The van der Waals surface area contributed by atoms with Gasteiger partial charge in [-0.15, -0.1) is 0 Å². The topological polar surface area (TPSA) is 93.6 Å². The first kappa shape index (κ1) is 22.8. The normalized spacial score (nSPS) is 16.9. The molecular weight excluding hydrogens is 429 g/mol. The first-order valence-corrected chi connectivity index (χ1v) is 9.11. The molecule has 31 heavy (non-hydrogen) atoms. The Morgan fingerprint density at radius 2 is 1.90 bits per heavy atom. The summed E-state index contributed by atoms with van der Waals surface area (Å²) in [6, 6.07) is 1.77. The molecule has 0 saturated carbocycles. The molecule has 0 spiro atoms. The molecule has 2 atom stereocenters. The second kappa shape index (κ2) is 8.71. The Morgan fingerprint density at radius 3 is 2.48 bits per heavy atom. The maximum absolute atomic E-state index is 14.5. The smallest absolute Gasteiger partial charge is 0.419 e. The zero-order chi connectivity index (χ0) is 22.9. The largest absolute Gasteiger partial charge is 0.479 e. The van der Waals surface area contributed by atoms with E-state index < -0.39 is 47.7 Å². The number of alkyl halides is 4. The van der Waals surface area contributed by atoms with Crippen molar-refractivity contribution >= 4 is 11.8 Å². The van der Waals surface area contributed by atoms with Gasteiger partial charge in [0.15, 0.2) is 6.29 Å². The van der Waals surface area contributed by atoms with Crippen molar-refractivity contribution in [3.05, 3.63) is 52.2 Å². The number of carboxylic acid groups (broad SMARTS) is 1. The third-order valence-corrected chi connectivity index (χ3v) is 4.56. The van der Waals surface area contributed by atoms with E-state index in [1.165, 1.54) is 13.8 Å². The number of carboxylic acids is 1. The molecule has 7 nitrogen and oxygen atoms in total. The fraction of sp³-hybridized carbons (Fsp3) is 0.421. The number of hydrogen-bond acceptors (Lipinski definition) is 6. The summed E-state index contributed by atoms with van der Waals surface area (Å²) in [4.78, 5) is 19.2. The summed E-state index contributed by atoms with van der Waals surface area (Å²) in [5.41, 5.74) is -2.43. The fourth-order valence-electron chi connectivity index (χ4n) is 3.17. The Bertz CT molecular complexity index is 980. The number of hydrogen-bond donors (Lipinski definition) is 2. The van der Waals surface area contributed by atoms with E-state index in [9.17, 15) is 26.7 Å². The van der Waals surface area contributed by atoms with Crippen LogP contribution >= 0.6 is 0 Å². The molecule has 1 saturated heterocycles. The molecule has 0 bridgehead atoms. The van der Waals surface area contributed by atoms with Crippen molar-refractivity contribution < 1.29 is 41.3 Å². The van der Waals surface area contributed by atoms with Crippen molar-refractivity contribution in [2.45, 2.75) is 38.5 Å². The van der Waals surface area contributed by atoms with E-state index in [0.29, 0.717) is 6.07 Å². The predicted octanol–water partition coefficient (Wildman–Crippen LogP) is 4.26. The molecule has 1 aliphatic rings. The SMILES string of the molecule is Cc1nc(NC(C)c2cccc(C(F)(F)F)c2F)c(C2OCCO2)c(C(F)C(=O)O)n1. The van der Waals surface area contributed by atoms with Crippen LogP contribution in [-0.4, -0.2) is 34.3 Å². The Labute approximate surface area is 173 Å². The van der Waals surface area contributed by atoms with Gasteiger partial charge >= 0.3 is 12.1 Å². The lowest BCUT2D eigenvalue weighted by Gasteiger charge is -2.23. The summed E-state index contributed by atoms with van der Waals surface area (Å²) in [5.74, 6) is -3.42. The van der Waals surface area contributed by atoms with E-state index in [1.54, 1.807) is 0 Å². The highest BCUT2D eigenvalue weighted by atomic mass is 19.4. The molecule has 168 valence electrons. The molecule has 12 heteroatoms. The molecular formula is C19H18F5N3O4. The molecule has 2 aromatic rings. The minimum atomic E-state index is -4.89. The minimum absolute atomic E-state index is 0.0140. The van der Waals surface area contributed by atoms with E-state index in [2.05, 4.69) is 15.3 Å². The number of benzene rings is 1. The highest BCUT2D eigenvalue weighted by Gasteiger charge is 2.37. The molecule has 0 aliphatic carbocycles. The second-order valence-electron chi connectivity index (χ2n) is 6.77. The molecule has 2 N–H and O–H groups in total. The second-order valence-corrected chi connectivity index (χ2v) is 6.77. The first-order chi connectivity index (χ1) is 14.5. The first-order valence-electron chi connectivity index (χ1n) is 9.11. The standard InChI is InChI=1S/C19H18F5N3O4/c1-8(10-4-3-5-11(13(10)20)19(22,23)24)25-16-12(18-30-6-7-31-18)15(14(21)17(28)29)26-9(2)27-16/h3-5,8,14,18H,6-7H2,1-2H3,(H,28,29)(H,25,26,27). The van der Waals surface area contributed by atoms with Gasteiger partial charge in [0.25, 0.3) is 0 Å². The Kier molecular flexibility index (Phi) is 6.41. The van der Waals surface area contributed by atoms with E-state index in [-0.39, 0.29) is 36.0 Å². The van der Waals surface area contributed by atoms with Crippen molar-refractivity contribution in [3.8, 4) is 0 Å². The van der Waals surface area contributed by atoms with Crippen LogP contribution in [0.2, 0.25) is 0 Å². The summed E-state index contributed by atoms with van der Waals surface area (Å²) in [7, 11) is 0. The molecule has 0 radical (unpaired) electrons. The number of aryl methyl sites for hydroxylation is 1. The Hall–Kier alpha value is -2.86. The Morgan fingerprint density at radius 1 is 1.26 bits per heavy atom. The van der Waals surface area contributed by atoms with Gasteiger partial charge in [0.1, 0.15) is 23.2 Å². The Balaban J connectivity index is 2.06. The lowest BCUT2D eigenvalue weighted by Crippen LogP contribution is -2.20. The lowest BCUT2D eigenvalue weighted by atomic mass is 10.0. The van der Waals surface area contributed by atoms with Crippen molar-refractivity contribution in [3.63, 3.8) is 0 Å². The molecule has 1 aromatic carbocycles. The van der Waals surface area contributed by atoms with E-state index in [0.717, 1.165) is 12.1 Å². The molecule has 1 aliphatic heterocycles. The zero-order valence-corrected chi connectivity index (χ0v) is 16.3. The maximum atomic E-state index is 14.5. The van der Waals surface area contributed by atoms with Gasteiger partial charge in [0.2, 0.25) is 6.17 Å². The van der Waals surface area contributed by atoms with E-state index in [4.69, 9.17) is 14.6 Å². The maximum Gasteiger partial charge on any atom is 0.419 e. The average molecular weight is 447 g/mol. The summed E-state index contributed by atoms with van der Waals surface area (Å²) in [6.07, 6.45) is -8.63. The minimum Gasteiger partial charge on any atom is -0.479 e. The van der Waals surface area contributed by atoms with Gasteiger partial charge in [-0.2, -0.15) is 13.2 Å². The van der Waals surface area contributed by atoms with Gasteiger partial charge in [-0.3, -0.25) is 0 Å². The summed E-state index contributed by atoms with van der Waals surface area (Å²) >= 11 is 0. The lowest BCUT2D eigenvalue weighted by molar-refractivity contribution is -0.143. The number of rotatable bonds is 6. The molecule has 3 rings (SSSR count). The summed E-state index contributed by atoms with van der Waals surface area (Å²) < 4.78 is 78.8. The summed E-state index contributed by atoms with van der Waals surface area (Å²) in [6.45, 7) is 3.03. The highest BCUT2D eigenvalue weighted by Crippen LogP contribution is 2.38. The quantitative estimate of drug-likeness (QED) is 0.640. The third-order valence-electron chi connectivity index (χ3n) is 4.56. The van der Waals surface area contributed by atoms with E-state index >= 15 is 0 Å². The third kappa shape index (κ3) is 4.74. The molecule has 1 fully saturated rings. The monoisotopic (exact) mass is 447 g/mol. The van der Waals surface area contributed by atoms with Crippen LogP contribution in [0.15, 0.2) is 18.2 Å².